The highest BCUT2D eigenvalue weighted by Crippen LogP contribution is 2.15. The number of amides is 1. The molecule has 0 aliphatic rings. The summed E-state index contributed by atoms with van der Waals surface area (Å²) in [6, 6.07) is 6.29. The van der Waals surface area contributed by atoms with Crippen LogP contribution in [0, 0.1) is 24.4 Å². The second-order valence-corrected chi connectivity index (χ2v) is 4.71. The van der Waals surface area contributed by atoms with Crippen LogP contribution in [0.3, 0.4) is 0 Å². The smallest absolute Gasteiger partial charge is 0.338 e. The normalized spacial score (nSPS) is 10.3. The van der Waals surface area contributed by atoms with Crippen LogP contribution in [0.5, 0.6) is 0 Å². The van der Waals surface area contributed by atoms with Crippen molar-refractivity contribution in [2.24, 2.45) is 0 Å². The fourth-order valence-corrected chi connectivity index (χ4v) is 1.71. The third-order valence-electron chi connectivity index (χ3n) is 2.94. The van der Waals surface area contributed by atoms with Gasteiger partial charge in [-0.15, -0.1) is 0 Å². The number of nitrogens with one attached hydrogen (secondary N) is 1. The topological polar surface area (TPSA) is 55.4 Å². The molecule has 0 unspecified atom stereocenters. The van der Waals surface area contributed by atoms with Gasteiger partial charge in [-0.1, -0.05) is 6.07 Å². The predicted octanol–water partition coefficient (Wildman–Crippen LogP) is 3.21. The van der Waals surface area contributed by atoms with E-state index in [1.54, 1.807) is 0 Å². The van der Waals surface area contributed by atoms with Crippen molar-refractivity contribution in [3.05, 3.63) is 65.0 Å². The minimum Gasteiger partial charge on any atom is -0.452 e. The lowest BCUT2D eigenvalue weighted by molar-refractivity contribution is -0.119. The molecule has 0 saturated carbocycles. The van der Waals surface area contributed by atoms with E-state index in [1.807, 2.05) is 0 Å². The van der Waals surface area contributed by atoms with Crippen LogP contribution in [0.1, 0.15) is 15.9 Å². The number of anilines is 1. The maximum Gasteiger partial charge on any atom is 0.338 e. The molecule has 2 aromatic rings. The Kier molecular flexibility index (Phi) is 5.00. The van der Waals surface area contributed by atoms with Crippen molar-refractivity contribution >= 4 is 17.6 Å². The molecule has 7 heteroatoms. The van der Waals surface area contributed by atoms with Gasteiger partial charge in [0.25, 0.3) is 5.91 Å². The molecule has 1 amide bonds. The molecule has 4 nitrogen and oxygen atoms in total. The van der Waals surface area contributed by atoms with Gasteiger partial charge in [-0.05, 0) is 36.8 Å². The van der Waals surface area contributed by atoms with Crippen LogP contribution < -0.4 is 5.32 Å². The van der Waals surface area contributed by atoms with E-state index in [1.165, 1.54) is 19.1 Å². The molecule has 2 aromatic carbocycles. The number of hydrogen-bond acceptors (Lipinski definition) is 3. The van der Waals surface area contributed by atoms with Crippen molar-refractivity contribution in [2.45, 2.75) is 6.92 Å². The summed E-state index contributed by atoms with van der Waals surface area (Å²) in [7, 11) is 0. The van der Waals surface area contributed by atoms with Crippen molar-refractivity contribution < 1.29 is 27.5 Å². The van der Waals surface area contributed by atoms with E-state index < -0.39 is 35.9 Å². The fourth-order valence-electron chi connectivity index (χ4n) is 1.71. The standard InChI is InChI=1S/C16H12F3NO3/c1-9-2-3-10(6-13(9)19)16(22)23-8-15(21)20-14-7-11(17)4-5-12(14)18/h2-7H,8H2,1H3,(H,20,21). The molecule has 0 saturated heterocycles. The highest BCUT2D eigenvalue weighted by Gasteiger charge is 2.13. The first-order valence-corrected chi connectivity index (χ1v) is 6.55. The van der Waals surface area contributed by atoms with Gasteiger partial charge in [0.15, 0.2) is 6.61 Å². The Morgan fingerprint density at radius 1 is 1.04 bits per heavy atom. The van der Waals surface area contributed by atoms with Gasteiger partial charge < -0.3 is 10.1 Å². The quantitative estimate of drug-likeness (QED) is 0.879. The summed E-state index contributed by atoms with van der Waals surface area (Å²) in [5.41, 5.74) is -0.0638. The summed E-state index contributed by atoms with van der Waals surface area (Å²) < 4.78 is 44.3. The minimum absolute atomic E-state index is 0.0576. The molecule has 120 valence electrons. The molecule has 0 aromatic heterocycles. The average Bonchev–Trinajstić information content (AvgIpc) is 2.51. The van der Waals surface area contributed by atoms with E-state index in [4.69, 9.17) is 4.74 Å². The van der Waals surface area contributed by atoms with Crippen LogP contribution >= 0.6 is 0 Å². The zero-order valence-corrected chi connectivity index (χ0v) is 12.0. The van der Waals surface area contributed by atoms with E-state index in [9.17, 15) is 22.8 Å². The van der Waals surface area contributed by atoms with Crippen LogP contribution in [-0.4, -0.2) is 18.5 Å². The Morgan fingerprint density at radius 2 is 1.78 bits per heavy atom. The lowest BCUT2D eigenvalue weighted by Crippen LogP contribution is -2.21. The number of hydrogen-bond donors (Lipinski definition) is 1. The molecule has 0 atom stereocenters. The van der Waals surface area contributed by atoms with E-state index in [-0.39, 0.29) is 11.3 Å². The zero-order chi connectivity index (χ0) is 17.0. The Balaban J connectivity index is 1.94. The Bertz CT molecular complexity index is 762. The summed E-state index contributed by atoms with van der Waals surface area (Å²) in [4.78, 5) is 23.3. The molecule has 0 radical (unpaired) electrons. The molecule has 0 bridgehead atoms. The number of halogens is 3. The van der Waals surface area contributed by atoms with Gasteiger partial charge in [0, 0.05) is 6.07 Å². The number of ether oxygens (including phenoxy) is 1. The fraction of sp³-hybridized carbons (Fsp3) is 0.125. The highest BCUT2D eigenvalue weighted by atomic mass is 19.1. The molecule has 0 spiro atoms. The van der Waals surface area contributed by atoms with Crippen molar-refractivity contribution in [3.63, 3.8) is 0 Å². The second kappa shape index (κ2) is 6.95. The average molecular weight is 323 g/mol. The second-order valence-electron chi connectivity index (χ2n) is 4.71. The first kappa shape index (κ1) is 16.5. The highest BCUT2D eigenvalue weighted by molar-refractivity contribution is 5.95. The molecule has 0 aliphatic heterocycles. The number of carbonyl (C=O) groups is 2. The molecule has 0 fully saturated rings. The van der Waals surface area contributed by atoms with Gasteiger partial charge in [0.1, 0.15) is 17.5 Å². The van der Waals surface area contributed by atoms with Gasteiger partial charge in [0.05, 0.1) is 11.3 Å². The van der Waals surface area contributed by atoms with Crippen LogP contribution in [0.25, 0.3) is 0 Å². The molecule has 23 heavy (non-hydrogen) atoms. The molecular formula is C16H12F3NO3. The van der Waals surface area contributed by atoms with E-state index in [2.05, 4.69) is 5.32 Å². The predicted molar refractivity (Wildman–Crippen MR) is 76.4 cm³/mol. The van der Waals surface area contributed by atoms with Gasteiger partial charge in [-0.2, -0.15) is 0 Å². The van der Waals surface area contributed by atoms with Gasteiger partial charge in [-0.25, -0.2) is 18.0 Å². The van der Waals surface area contributed by atoms with Crippen molar-refractivity contribution in [1.82, 2.24) is 0 Å². The largest absolute Gasteiger partial charge is 0.452 e. The Morgan fingerprint density at radius 3 is 2.48 bits per heavy atom. The third-order valence-corrected chi connectivity index (χ3v) is 2.94. The summed E-state index contributed by atoms with van der Waals surface area (Å²) in [5.74, 6) is -3.89. The molecular weight excluding hydrogens is 311 g/mol. The zero-order valence-electron chi connectivity index (χ0n) is 12.0. The first-order chi connectivity index (χ1) is 10.9. The van der Waals surface area contributed by atoms with Crippen molar-refractivity contribution in [1.29, 1.82) is 0 Å². The third kappa shape index (κ3) is 4.32. The summed E-state index contributed by atoms with van der Waals surface area (Å²) in [6.07, 6.45) is 0. The monoisotopic (exact) mass is 323 g/mol. The summed E-state index contributed by atoms with van der Waals surface area (Å²) in [5, 5.41) is 2.07. The minimum atomic E-state index is -0.904. The van der Waals surface area contributed by atoms with E-state index in [0.717, 1.165) is 24.3 Å². The SMILES string of the molecule is Cc1ccc(C(=O)OCC(=O)Nc2cc(F)ccc2F)cc1F. The lowest BCUT2D eigenvalue weighted by Gasteiger charge is -2.08. The number of benzene rings is 2. The van der Waals surface area contributed by atoms with Crippen molar-refractivity contribution in [2.75, 3.05) is 11.9 Å². The number of rotatable bonds is 4. The Labute approximate surface area is 129 Å². The lowest BCUT2D eigenvalue weighted by atomic mass is 10.1. The number of aryl methyl sites for hydroxylation is 1. The Hall–Kier alpha value is -2.83. The summed E-state index contributed by atoms with van der Waals surface area (Å²) >= 11 is 0. The van der Waals surface area contributed by atoms with Gasteiger partial charge in [0.2, 0.25) is 0 Å². The van der Waals surface area contributed by atoms with Gasteiger partial charge in [-0.3, -0.25) is 4.79 Å². The van der Waals surface area contributed by atoms with Crippen molar-refractivity contribution in [3.8, 4) is 0 Å². The maximum atomic E-state index is 13.3. The van der Waals surface area contributed by atoms with Crippen LogP contribution in [0.2, 0.25) is 0 Å². The molecule has 1 N–H and O–H groups in total. The van der Waals surface area contributed by atoms with E-state index in [0.29, 0.717) is 5.56 Å². The van der Waals surface area contributed by atoms with E-state index >= 15 is 0 Å². The van der Waals surface area contributed by atoms with Crippen LogP contribution in [0.4, 0.5) is 18.9 Å². The number of carbonyl (C=O) groups excluding carboxylic acids is 2. The molecule has 0 heterocycles. The van der Waals surface area contributed by atoms with Crippen LogP contribution in [0.15, 0.2) is 36.4 Å². The van der Waals surface area contributed by atoms with Gasteiger partial charge >= 0.3 is 5.97 Å². The maximum absolute atomic E-state index is 13.3. The van der Waals surface area contributed by atoms with Crippen LogP contribution in [-0.2, 0) is 9.53 Å². The summed E-state index contributed by atoms with van der Waals surface area (Å²) in [6.45, 7) is 0.815. The number of esters is 1. The molecule has 2 rings (SSSR count). The molecule has 0 aliphatic carbocycles. The first-order valence-electron chi connectivity index (χ1n) is 6.55.